The van der Waals surface area contributed by atoms with E-state index in [1.165, 1.54) is 0 Å². The third kappa shape index (κ3) is 5.00. The predicted octanol–water partition coefficient (Wildman–Crippen LogP) is 0.720. The lowest BCUT2D eigenvalue weighted by Gasteiger charge is -2.31. The summed E-state index contributed by atoms with van der Waals surface area (Å²) in [6, 6.07) is -1.18. The number of nitrogens with one attached hydrogen (secondary N) is 1. The molecule has 1 aliphatic rings. The topological polar surface area (TPSA) is 130 Å². The Morgan fingerprint density at radius 1 is 1.10 bits per heavy atom. The van der Waals surface area contributed by atoms with Crippen LogP contribution >= 0.6 is 0 Å². The van der Waals surface area contributed by atoms with Gasteiger partial charge < -0.3 is 21.3 Å². The molecule has 1 fully saturated rings. The van der Waals surface area contributed by atoms with Crippen LogP contribution in [0.4, 0.5) is 0 Å². The molecule has 0 aromatic carbocycles. The molecule has 0 bridgehead atoms. The van der Waals surface area contributed by atoms with Crippen LogP contribution in [0.3, 0.4) is 0 Å². The second-order valence-electron chi connectivity index (χ2n) is 5.70. The molecule has 7 nitrogen and oxygen atoms in total. The Labute approximate surface area is 123 Å². The van der Waals surface area contributed by atoms with Crippen LogP contribution < -0.4 is 11.1 Å². The number of amides is 1. The number of hydrogen-bond donors (Lipinski definition) is 4. The lowest BCUT2D eigenvalue weighted by molar-refractivity contribution is -0.145. The van der Waals surface area contributed by atoms with Crippen molar-refractivity contribution in [2.24, 2.45) is 11.1 Å². The van der Waals surface area contributed by atoms with E-state index in [0.717, 1.165) is 25.7 Å². The molecule has 0 aromatic heterocycles. The van der Waals surface area contributed by atoms with Gasteiger partial charge in [-0.15, -0.1) is 0 Å². The summed E-state index contributed by atoms with van der Waals surface area (Å²) >= 11 is 0. The summed E-state index contributed by atoms with van der Waals surface area (Å²) in [5.74, 6) is -2.66. The molecule has 21 heavy (non-hydrogen) atoms. The van der Waals surface area contributed by atoms with Crippen LogP contribution in [-0.2, 0) is 14.4 Å². The zero-order valence-electron chi connectivity index (χ0n) is 12.1. The summed E-state index contributed by atoms with van der Waals surface area (Å²) in [5, 5.41) is 20.2. The van der Waals surface area contributed by atoms with Crippen LogP contribution in [0.5, 0.6) is 0 Å². The largest absolute Gasteiger partial charge is 0.481 e. The third-order valence-corrected chi connectivity index (χ3v) is 4.18. The summed E-state index contributed by atoms with van der Waals surface area (Å²) in [7, 11) is 0. The molecule has 0 aliphatic heterocycles. The Hall–Kier alpha value is -1.63. The second-order valence-corrected chi connectivity index (χ2v) is 5.70. The lowest BCUT2D eigenvalue weighted by Crippen LogP contribution is -2.51. The van der Waals surface area contributed by atoms with Crippen molar-refractivity contribution in [1.82, 2.24) is 5.32 Å². The van der Waals surface area contributed by atoms with Crippen molar-refractivity contribution in [2.75, 3.05) is 6.54 Å². The van der Waals surface area contributed by atoms with Crippen molar-refractivity contribution < 1.29 is 24.6 Å². The average molecular weight is 300 g/mol. The molecule has 0 spiro atoms. The molecule has 1 unspecified atom stereocenters. The van der Waals surface area contributed by atoms with Crippen molar-refractivity contribution in [3.8, 4) is 0 Å². The molecule has 1 aliphatic carbocycles. The number of aliphatic carboxylic acids is 2. The lowest BCUT2D eigenvalue weighted by atomic mass is 9.79. The fourth-order valence-electron chi connectivity index (χ4n) is 2.77. The summed E-state index contributed by atoms with van der Waals surface area (Å²) in [4.78, 5) is 34.2. The predicted molar refractivity (Wildman–Crippen MR) is 75.6 cm³/mol. The van der Waals surface area contributed by atoms with E-state index in [1.54, 1.807) is 0 Å². The number of carbonyl (C=O) groups excluding carboxylic acids is 1. The van der Waals surface area contributed by atoms with Gasteiger partial charge in [0.1, 0.15) is 6.04 Å². The molecule has 1 saturated carbocycles. The van der Waals surface area contributed by atoms with Gasteiger partial charge in [-0.05, 0) is 19.3 Å². The van der Waals surface area contributed by atoms with Gasteiger partial charge in [0.2, 0.25) is 5.91 Å². The maximum Gasteiger partial charge on any atom is 0.326 e. The number of hydrogen-bond acceptors (Lipinski definition) is 4. The Bertz CT molecular complexity index is 389. The molecule has 5 N–H and O–H groups in total. The number of carboxylic acid groups (broad SMARTS) is 2. The molecule has 0 saturated heterocycles. The van der Waals surface area contributed by atoms with Crippen molar-refractivity contribution in [2.45, 2.75) is 57.4 Å². The molecular weight excluding hydrogens is 276 g/mol. The highest BCUT2D eigenvalue weighted by Gasteiger charge is 2.38. The SMILES string of the molecule is NCC1(C(=O)NC(CCC(=O)O)C(=O)O)CCCCCC1. The van der Waals surface area contributed by atoms with Crippen LogP contribution in [0.2, 0.25) is 0 Å². The minimum absolute atomic E-state index is 0.128. The Kier molecular flexibility index (Phi) is 6.61. The Morgan fingerprint density at radius 3 is 2.10 bits per heavy atom. The number of carboxylic acids is 2. The van der Waals surface area contributed by atoms with E-state index < -0.39 is 23.4 Å². The van der Waals surface area contributed by atoms with Crippen LogP contribution in [-0.4, -0.2) is 40.6 Å². The first-order valence-electron chi connectivity index (χ1n) is 7.37. The number of nitrogens with two attached hydrogens (primary N) is 1. The Morgan fingerprint density at radius 2 is 1.67 bits per heavy atom. The first-order chi connectivity index (χ1) is 9.91. The van der Waals surface area contributed by atoms with E-state index in [9.17, 15) is 14.4 Å². The normalized spacial score (nSPS) is 19.3. The maximum atomic E-state index is 12.5. The molecule has 7 heteroatoms. The summed E-state index contributed by atoms with van der Waals surface area (Å²) in [5.41, 5.74) is 5.07. The Balaban J connectivity index is 2.73. The van der Waals surface area contributed by atoms with Gasteiger partial charge in [-0.2, -0.15) is 0 Å². The zero-order chi connectivity index (χ0) is 15.9. The number of carbonyl (C=O) groups is 3. The molecule has 0 aromatic rings. The molecule has 0 radical (unpaired) electrons. The van der Waals surface area contributed by atoms with Gasteiger partial charge in [0, 0.05) is 13.0 Å². The highest BCUT2D eigenvalue weighted by molar-refractivity contribution is 5.88. The highest BCUT2D eigenvalue weighted by Crippen LogP contribution is 2.34. The first kappa shape index (κ1) is 17.4. The third-order valence-electron chi connectivity index (χ3n) is 4.18. The zero-order valence-corrected chi connectivity index (χ0v) is 12.1. The fraction of sp³-hybridized carbons (Fsp3) is 0.786. The van der Waals surface area contributed by atoms with Crippen molar-refractivity contribution in [3.63, 3.8) is 0 Å². The standard InChI is InChI=1S/C14H24N2O5/c15-9-14(7-3-1-2-4-8-14)13(21)16-10(12(19)20)5-6-11(17)18/h10H,1-9,15H2,(H,16,21)(H,17,18)(H,19,20). The van der Waals surface area contributed by atoms with Gasteiger partial charge in [-0.3, -0.25) is 9.59 Å². The summed E-state index contributed by atoms with van der Waals surface area (Å²) < 4.78 is 0. The number of rotatable bonds is 7. The fourth-order valence-corrected chi connectivity index (χ4v) is 2.77. The molecule has 0 heterocycles. The second kappa shape index (κ2) is 7.97. The molecule has 1 amide bonds. The van der Waals surface area contributed by atoms with Gasteiger partial charge in [-0.25, -0.2) is 4.79 Å². The van der Waals surface area contributed by atoms with Gasteiger partial charge in [0.05, 0.1) is 5.41 Å². The van der Waals surface area contributed by atoms with Crippen LogP contribution in [0, 0.1) is 5.41 Å². The van der Waals surface area contributed by atoms with Crippen LogP contribution in [0.15, 0.2) is 0 Å². The van der Waals surface area contributed by atoms with E-state index in [-0.39, 0.29) is 25.3 Å². The van der Waals surface area contributed by atoms with E-state index in [0.29, 0.717) is 12.8 Å². The van der Waals surface area contributed by atoms with E-state index in [2.05, 4.69) is 5.32 Å². The monoisotopic (exact) mass is 300 g/mol. The van der Waals surface area contributed by atoms with Gasteiger partial charge >= 0.3 is 11.9 Å². The summed E-state index contributed by atoms with van der Waals surface area (Å²) in [6.07, 6.45) is 4.78. The van der Waals surface area contributed by atoms with Crippen LogP contribution in [0.1, 0.15) is 51.4 Å². The van der Waals surface area contributed by atoms with Gasteiger partial charge in [0.25, 0.3) is 0 Å². The smallest absolute Gasteiger partial charge is 0.326 e. The van der Waals surface area contributed by atoms with Crippen LogP contribution in [0.25, 0.3) is 0 Å². The van der Waals surface area contributed by atoms with Gasteiger partial charge in [0.15, 0.2) is 0 Å². The molecular formula is C14H24N2O5. The highest BCUT2D eigenvalue weighted by atomic mass is 16.4. The quantitative estimate of drug-likeness (QED) is 0.513. The molecule has 1 rings (SSSR count). The van der Waals surface area contributed by atoms with E-state index >= 15 is 0 Å². The van der Waals surface area contributed by atoms with E-state index in [4.69, 9.17) is 15.9 Å². The van der Waals surface area contributed by atoms with E-state index in [1.807, 2.05) is 0 Å². The minimum Gasteiger partial charge on any atom is -0.481 e. The molecule has 1 atom stereocenters. The van der Waals surface area contributed by atoms with Crippen molar-refractivity contribution in [3.05, 3.63) is 0 Å². The van der Waals surface area contributed by atoms with Gasteiger partial charge in [-0.1, -0.05) is 25.7 Å². The van der Waals surface area contributed by atoms with Crippen molar-refractivity contribution in [1.29, 1.82) is 0 Å². The maximum absolute atomic E-state index is 12.5. The minimum atomic E-state index is -1.22. The average Bonchev–Trinajstić information content (AvgIpc) is 2.68. The van der Waals surface area contributed by atoms with Crippen molar-refractivity contribution >= 4 is 17.8 Å². The molecule has 120 valence electrons. The first-order valence-corrected chi connectivity index (χ1v) is 7.37. The summed E-state index contributed by atoms with van der Waals surface area (Å²) in [6.45, 7) is 0.185.